The van der Waals surface area contributed by atoms with Gasteiger partial charge in [-0.3, -0.25) is 0 Å². The molecule has 0 radical (unpaired) electrons. The van der Waals surface area contributed by atoms with Crippen molar-refractivity contribution >= 4 is 27.5 Å². The predicted octanol–water partition coefficient (Wildman–Crippen LogP) is 2.95. The van der Waals surface area contributed by atoms with Crippen LogP contribution in [0.2, 0.25) is 5.02 Å². The van der Waals surface area contributed by atoms with E-state index < -0.39 is 0 Å². The second kappa shape index (κ2) is 2.84. The van der Waals surface area contributed by atoms with Crippen LogP contribution in [0.15, 0.2) is 10.7 Å². The standard InChI is InChI=1S/C6H4BrClFN/c1-3-5(9)2-4(8)6(7)10-3/h2H,1H3. The molecule has 0 amide bonds. The molecule has 0 saturated heterocycles. The minimum absolute atomic E-state index is 0.295. The van der Waals surface area contributed by atoms with Gasteiger partial charge < -0.3 is 0 Å². The monoisotopic (exact) mass is 223 g/mol. The molecule has 10 heavy (non-hydrogen) atoms. The van der Waals surface area contributed by atoms with Crippen molar-refractivity contribution in [3.63, 3.8) is 0 Å². The first kappa shape index (κ1) is 7.95. The summed E-state index contributed by atoms with van der Waals surface area (Å²) in [6.07, 6.45) is 0. The summed E-state index contributed by atoms with van der Waals surface area (Å²) in [4.78, 5) is 3.78. The van der Waals surface area contributed by atoms with Crippen molar-refractivity contribution in [2.75, 3.05) is 0 Å². The van der Waals surface area contributed by atoms with E-state index in [0.717, 1.165) is 0 Å². The van der Waals surface area contributed by atoms with E-state index in [0.29, 0.717) is 15.3 Å². The van der Waals surface area contributed by atoms with Crippen LogP contribution >= 0.6 is 27.5 Å². The van der Waals surface area contributed by atoms with Gasteiger partial charge in [0, 0.05) is 0 Å². The van der Waals surface area contributed by atoms with Crippen molar-refractivity contribution in [3.05, 3.63) is 27.2 Å². The summed E-state index contributed by atoms with van der Waals surface area (Å²) in [6, 6.07) is 1.23. The zero-order valence-electron chi connectivity index (χ0n) is 5.16. The van der Waals surface area contributed by atoms with Gasteiger partial charge in [-0.2, -0.15) is 0 Å². The lowest BCUT2D eigenvalue weighted by molar-refractivity contribution is 0.609. The van der Waals surface area contributed by atoms with E-state index in [2.05, 4.69) is 20.9 Å². The van der Waals surface area contributed by atoms with Gasteiger partial charge in [-0.1, -0.05) is 11.6 Å². The molecule has 0 unspecified atom stereocenters. The molecule has 1 heterocycles. The number of halogens is 3. The van der Waals surface area contributed by atoms with Crippen LogP contribution in [0.25, 0.3) is 0 Å². The molecule has 0 bridgehead atoms. The minimum Gasteiger partial charge on any atom is -0.242 e. The number of aryl methyl sites for hydroxylation is 1. The maximum absolute atomic E-state index is 12.6. The third kappa shape index (κ3) is 1.47. The molecular formula is C6H4BrClFN. The largest absolute Gasteiger partial charge is 0.242 e. The van der Waals surface area contributed by atoms with Crippen molar-refractivity contribution in [2.24, 2.45) is 0 Å². The lowest BCUT2D eigenvalue weighted by Crippen LogP contribution is -1.88. The third-order valence-electron chi connectivity index (χ3n) is 1.06. The Bertz CT molecular complexity index is 214. The summed E-state index contributed by atoms with van der Waals surface area (Å²) in [7, 11) is 0. The summed E-state index contributed by atoms with van der Waals surface area (Å²) in [5, 5.41) is 0.295. The number of aromatic nitrogens is 1. The fraction of sp³-hybridized carbons (Fsp3) is 0.167. The Labute approximate surface area is 71.4 Å². The highest BCUT2D eigenvalue weighted by Gasteiger charge is 2.03. The number of rotatable bonds is 0. The van der Waals surface area contributed by atoms with Gasteiger partial charge in [0.1, 0.15) is 10.4 Å². The van der Waals surface area contributed by atoms with Crippen LogP contribution in [0.3, 0.4) is 0 Å². The number of nitrogens with zero attached hydrogens (tertiary/aromatic N) is 1. The Morgan fingerprint density at radius 3 is 2.80 bits per heavy atom. The molecule has 0 atom stereocenters. The zero-order valence-corrected chi connectivity index (χ0v) is 7.50. The maximum atomic E-state index is 12.6. The predicted molar refractivity (Wildman–Crippen MR) is 41.6 cm³/mol. The van der Waals surface area contributed by atoms with E-state index in [1.807, 2.05) is 0 Å². The fourth-order valence-corrected chi connectivity index (χ4v) is 1.05. The normalized spacial score (nSPS) is 10.0. The zero-order chi connectivity index (χ0) is 7.72. The van der Waals surface area contributed by atoms with Crippen LogP contribution in [-0.4, -0.2) is 4.98 Å². The van der Waals surface area contributed by atoms with Crippen LogP contribution in [-0.2, 0) is 0 Å². The van der Waals surface area contributed by atoms with Gasteiger partial charge in [0.15, 0.2) is 0 Å². The van der Waals surface area contributed by atoms with Crippen LogP contribution in [0.1, 0.15) is 5.69 Å². The van der Waals surface area contributed by atoms with E-state index in [-0.39, 0.29) is 5.82 Å². The lowest BCUT2D eigenvalue weighted by atomic mass is 10.4. The highest BCUT2D eigenvalue weighted by molar-refractivity contribution is 9.10. The smallest absolute Gasteiger partial charge is 0.145 e. The molecule has 0 aliphatic rings. The number of hydrogen-bond donors (Lipinski definition) is 0. The van der Waals surface area contributed by atoms with Crippen LogP contribution < -0.4 is 0 Å². The molecule has 0 fully saturated rings. The summed E-state index contributed by atoms with van der Waals surface area (Å²) < 4.78 is 13.1. The molecule has 1 nitrogen and oxygen atoms in total. The molecule has 0 spiro atoms. The maximum Gasteiger partial charge on any atom is 0.145 e. The average molecular weight is 224 g/mol. The summed E-state index contributed by atoms with van der Waals surface area (Å²) in [5.74, 6) is -0.381. The fourth-order valence-electron chi connectivity index (χ4n) is 0.529. The Balaban J connectivity index is 3.28. The summed E-state index contributed by atoms with van der Waals surface area (Å²) in [5.41, 5.74) is 0.344. The Morgan fingerprint density at radius 1 is 1.70 bits per heavy atom. The van der Waals surface area contributed by atoms with Gasteiger partial charge in [0.2, 0.25) is 0 Å². The van der Waals surface area contributed by atoms with Crippen molar-refractivity contribution in [3.8, 4) is 0 Å². The van der Waals surface area contributed by atoms with Gasteiger partial charge in [-0.25, -0.2) is 9.37 Å². The van der Waals surface area contributed by atoms with E-state index >= 15 is 0 Å². The van der Waals surface area contributed by atoms with Crippen molar-refractivity contribution in [2.45, 2.75) is 6.92 Å². The second-order valence-corrected chi connectivity index (χ2v) is 2.99. The highest BCUT2D eigenvalue weighted by atomic mass is 79.9. The highest BCUT2D eigenvalue weighted by Crippen LogP contribution is 2.21. The van der Waals surface area contributed by atoms with Crippen LogP contribution in [0, 0.1) is 12.7 Å². The van der Waals surface area contributed by atoms with E-state index in [1.165, 1.54) is 6.07 Å². The minimum atomic E-state index is -0.381. The molecule has 1 rings (SSSR count). The quantitative estimate of drug-likeness (QED) is 0.618. The number of hydrogen-bond acceptors (Lipinski definition) is 1. The number of pyridine rings is 1. The molecule has 1 aromatic heterocycles. The molecule has 0 aliphatic heterocycles. The summed E-state index contributed by atoms with van der Waals surface area (Å²) >= 11 is 8.61. The van der Waals surface area contributed by atoms with Gasteiger partial charge in [-0.05, 0) is 28.9 Å². The van der Waals surface area contributed by atoms with E-state index in [1.54, 1.807) is 6.92 Å². The molecule has 0 N–H and O–H groups in total. The van der Waals surface area contributed by atoms with Gasteiger partial charge in [-0.15, -0.1) is 0 Å². The lowest BCUT2D eigenvalue weighted by Gasteiger charge is -1.97. The van der Waals surface area contributed by atoms with E-state index in [9.17, 15) is 4.39 Å². The average Bonchev–Trinajstić information content (AvgIpc) is 1.84. The third-order valence-corrected chi connectivity index (χ3v) is 2.18. The molecular weight excluding hydrogens is 220 g/mol. The first-order valence-electron chi connectivity index (χ1n) is 2.59. The first-order valence-corrected chi connectivity index (χ1v) is 3.76. The van der Waals surface area contributed by atoms with Crippen LogP contribution in [0.5, 0.6) is 0 Å². The molecule has 0 aromatic carbocycles. The molecule has 4 heteroatoms. The van der Waals surface area contributed by atoms with Crippen LogP contribution in [0.4, 0.5) is 4.39 Å². The van der Waals surface area contributed by atoms with Crippen molar-refractivity contribution in [1.82, 2.24) is 4.98 Å². The van der Waals surface area contributed by atoms with Gasteiger partial charge >= 0.3 is 0 Å². The van der Waals surface area contributed by atoms with Gasteiger partial charge in [0.05, 0.1) is 10.7 Å². The Morgan fingerprint density at radius 2 is 2.30 bits per heavy atom. The molecule has 54 valence electrons. The Hall–Kier alpha value is -0.150. The Kier molecular flexibility index (Phi) is 2.26. The SMILES string of the molecule is Cc1nc(Br)c(Cl)cc1F. The van der Waals surface area contributed by atoms with Crippen molar-refractivity contribution < 1.29 is 4.39 Å². The topological polar surface area (TPSA) is 12.9 Å². The first-order chi connectivity index (χ1) is 4.61. The second-order valence-electron chi connectivity index (χ2n) is 1.83. The van der Waals surface area contributed by atoms with Crippen molar-refractivity contribution in [1.29, 1.82) is 0 Å². The van der Waals surface area contributed by atoms with Gasteiger partial charge in [0.25, 0.3) is 0 Å². The molecule has 0 saturated carbocycles. The molecule has 1 aromatic rings. The van der Waals surface area contributed by atoms with E-state index in [4.69, 9.17) is 11.6 Å². The molecule has 0 aliphatic carbocycles. The summed E-state index contributed by atoms with van der Waals surface area (Å²) in [6.45, 7) is 1.58.